The molecular weight excluding hydrogens is 260 g/mol. The summed E-state index contributed by atoms with van der Waals surface area (Å²) in [7, 11) is -3.25. The fourth-order valence-electron chi connectivity index (χ4n) is 2.21. The lowest BCUT2D eigenvalue weighted by molar-refractivity contribution is 0.475. The van der Waals surface area contributed by atoms with Crippen molar-refractivity contribution in [2.45, 2.75) is 38.5 Å². The molecule has 0 amide bonds. The SMILES string of the molecule is CCC1(CNS(=O)(=O)Cc2cccc(CN)c2)CC1. The van der Waals surface area contributed by atoms with Gasteiger partial charge in [0.25, 0.3) is 0 Å². The van der Waals surface area contributed by atoms with Crippen LogP contribution in [-0.2, 0) is 22.3 Å². The monoisotopic (exact) mass is 282 g/mol. The molecule has 1 fully saturated rings. The fourth-order valence-corrected chi connectivity index (χ4v) is 3.46. The van der Waals surface area contributed by atoms with E-state index in [1.54, 1.807) is 0 Å². The Hall–Kier alpha value is -0.910. The van der Waals surface area contributed by atoms with E-state index in [1.165, 1.54) is 0 Å². The van der Waals surface area contributed by atoms with Crippen LogP contribution >= 0.6 is 0 Å². The summed E-state index contributed by atoms with van der Waals surface area (Å²) in [6, 6.07) is 7.43. The minimum absolute atomic E-state index is 0.0284. The Kier molecular flexibility index (Phi) is 4.28. The van der Waals surface area contributed by atoms with E-state index in [2.05, 4.69) is 11.6 Å². The predicted molar refractivity (Wildman–Crippen MR) is 76.9 cm³/mol. The van der Waals surface area contributed by atoms with Crippen LogP contribution in [0.25, 0.3) is 0 Å². The second-order valence-corrected chi connectivity index (χ2v) is 7.26. The van der Waals surface area contributed by atoms with Crippen LogP contribution in [0.5, 0.6) is 0 Å². The predicted octanol–water partition coefficient (Wildman–Crippen LogP) is 1.75. The molecule has 5 heteroatoms. The first-order valence-corrected chi connectivity index (χ1v) is 8.39. The fraction of sp³-hybridized carbons (Fsp3) is 0.571. The van der Waals surface area contributed by atoms with Gasteiger partial charge in [0, 0.05) is 13.1 Å². The number of nitrogens with two attached hydrogens (primary N) is 1. The van der Waals surface area contributed by atoms with Crippen LogP contribution < -0.4 is 10.5 Å². The summed E-state index contributed by atoms with van der Waals surface area (Å²) >= 11 is 0. The summed E-state index contributed by atoms with van der Waals surface area (Å²) in [6.45, 7) is 3.12. The van der Waals surface area contributed by atoms with E-state index < -0.39 is 10.0 Å². The third kappa shape index (κ3) is 4.03. The molecule has 0 aromatic heterocycles. The summed E-state index contributed by atoms with van der Waals surface area (Å²) in [5, 5.41) is 0. The van der Waals surface area contributed by atoms with Crippen molar-refractivity contribution in [1.82, 2.24) is 4.72 Å². The Morgan fingerprint density at radius 1 is 1.32 bits per heavy atom. The van der Waals surface area contributed by atoms with Gasteiger partial charge in [-0.05, 0) is 35.8 Å². The number of benzene rings is 1. The van der Waals surface area contributed by atoms with Crippen molar-refractivity contribution in [3.8, 4) is 0 Å². The third-order valence-electron chi connectivity index (χ3n) is 3.96. The van der Waals surface area contributed by atoms with Gasteiger partial charge in [0.2, 0.25) is 10.0 Å². The molecule has 2 rings (SSSR count). The molecule has 3 N–H and O–H groups in total. The van der Waals surface area contributed by atoms with Crippen molar-refractivity contribution in [3.05, 3.63) is 35.4 Å². The van der Waals surface area contributed by atoms with Crippen molar-refractivity contribution in [2.24, 2.45) is 11.1 Å². The maximum atomic E-state index is 12.0. The number of rotatable bonds is 7. The molecule has 0 atom stereocenters. The summed E-state index contributed by atoms with van der Waals surface area (Å²) < 4.78 is 26.8. The molecule has 0 saturated heterocycles. The summed E-state index contributed by atoms with van der Waals surface area (Å²) in [5.41, 5.74) is 7.53. The van der Waals surface area contributed by atoms with Gasteiger partial charge in [0.15, 0.2) is 0 Å². The Balaban J connectivity index is 1.96. The Labute approximate surface area is 115 Å². The van der Waals surface area contributed by atoms with Crippen molar-refractivity contribution in [2.75, 3.05) is 6.54 Å². The molecule has 0 unspecified atom stereocenters. The van der Waals surface area contributed by atoms with Crippen molar-refractivity contribution < 1.29 is 8.42 Å². The van der Waals surface area contributed by atoms with Crippen LogP contribution in [0, 0.1) is 5.41 Å². The largest absolute Gasteiger partial charge is 0.326 e. The highest BCUT2D eigenvalue weighted by atomic mass is 32.2. The molecule has 19 heavy (non-hydrogen) atoms. The zero-order chi connectivity index (χ0) is 13.9. The maximum Gasteiger partial charge on any atom is 0.215 e. The molecule has 1 aliphatic rings. The standard InChI is InChI=1S/C14H22N2O2S/c1-2-14(6-7-14)11-16-19(17,18)10-13-5-3-4-12(8-13)9-15/h3-5,8,16H,2,6-7,9-11,15H2,1H3. The van der Waals surface area contributed by atoms with Gasteiger partial charge in [0.1, 0.15) is 0 Å². The molecule has 0 radical (unpaired) electrons. The number of hydrogen-bond donors (Lipinski definition) is 2. The van der Waals surface area contributed by atoms with E-state index in [-0.39, 0.29) is 11.2 Å². The van der Waals surface area contributed by atoms with Crippen LogP contribution in [0.1, 0.15) is 37.3 Å². The van der Waals surface area contributed by atoms with Gasteiger partial charge >= 0.3 is 0 Å². The van der Waals surface area contributed by atoms with Gasteiger partial charge < -0.3 is 5.73 Å². The zero-order valence-electron chi connectivity index (χ0n) is 11.4. The number of hydrogen-bond acceptors (Lipinski definition) is 3. The van der Waals surface area contributed by atoms with Crippen LogP contribution in [0.3, 0.4) is 0 Å². The van der Waals surface area contributed by atoms with Crippen LogP contribution in [0.15, 0.2) is 24.3 Å². The van der Waals surface area contributed by atoms with E-state index in [9.17, 15) is 8.42 Å². The van der Waals surface area contributed by atoms with Gasteiger partial charge in [-0.3, -0.25) is 0 Å². The highest BCUT2D eigenvalue weighted by molar-refractivity contribution is 7.88. The number of nitrogens with one attached hydrogen (secondary N) is 1. The maximum absolute atomic E-state index is 12.0. The van der Waals surface area contributed by atoms with Gasteiger partial charge in [0.05, 0.1) is 5.75 Å². The summed E-state index contributed by atoms with van der Waals surface area (Å²) in [6.07, 6.45) is 3.31. The van der Waals surface area contributed by atoms with Crippen molar-refractivity contribution in [3.63, 3.8) is 0 Å². The topological polar surface area (TPSA) is 72.2 Å². The molecule has 1 aromatic carbocycles. The highest BCUT2D eigenvalue weighted by Gasteiger charge is 2.41. The Morgan fingerprint density at radius 3 is 2.58 bits per heavy atom. The minimum Gasteiger partial charge on any atom is -0.326 e. The molecule has 0 bridgehead atoms. The van der Waals surface area contributed by atoms with E-state index in [0.717, 1.165) is 30.4 Å². The summed E-state index contributed by atoms with van der Waals surface area (Å²) in [4.78, 5) is 0. The van der Waals surface area contributed by atoms with E-state index in [4.69, 9.17) is 5.73 Å². The second kappa shape index (κ2) is 5.61. The van der Waals surface area contributed by atoms with Crippen molar-refractivity contribution in [1.29, 1.82) is 0 Å². The molecule has 106 valence electrons. The van der Waals surface area contributed by atoms with E-state index >= 15 is 0 Å². The molecule has 0 aliphatic heterocycles. The van der Waals surface area contributed by atoms with Gasteiger partial charge in [-0.25, -0.2) is 13.1 Å². The molecule has 4 nitrogen and oxygen atoms in total. The van der Waals surface area contributed by atoms with Crippen LogP contribution in [-0.4, -0.2) is 15.0 Å². The first-order valence-electron chi connectivity index (χ1n) is 6.74. The quantitative estimate of drug-likeness (QED) is 0.800. The minimum atomic E-state index is -3.25. The average Bonchev–Trinajstić information content (AvgIpc) is 3.17. The molecular formula is C14H22N2O2S. The Morgan fingerprint density at radius 2 is 2.00 bits per heavy atom. The number of sulfonamides is 1. The zero-order valence-corrected chi connectivity index (χ0v) is 12.2. The summed E-state index contributed by atoms with van der Waals surface area (Å²) in [5.74, 6) is 0.0284. The normalized spacial score (nSPS) is 17.4. The smallest absolute Gasteiger partial charge is 0.215 e. The molecule has 1 aromatic rings. The molecule has 1 saturated carbocycles. The van der Waals surface area contributed by atoms with Gasteiger partial charge in [-0.1, -0.05) is 31.2 Å². The molecule has 0 spiro atoms. The third-order valence-corrected chi connectivity index (χ3v) is 5.26. The Bertz CT molecular complexity index is 536. The first-order chi connectivity index (χ1) is 8.99. The highest BCUT2D eigenvalue weighted by Crippen LogP contribution is 2.47. The lowest BCUT2D eigenvalue weighted by Gasteiger charge is -2.14. The molecule has 1 aliphatic carbocycles. The first kappa shape index (κ1) is 14.5. The molecule has 0 heterocycles. The second-order valence-electron chi connectivity index (χ2n) is 5.46. The van der Waals surface area contributed by atoms with Gasteiger partial charge in [-0.2, -0.15) is 0 Å². The van der Waals surface area contributed by atoms with E-state index in [1.807, 2.05) is 24.3 Å². The average molecular weight is 282 g/mol. The van der Waals surface area contributed by atoms with Crippen LogP contribution in [0.4, 0.5) is 0 Å². The lowest BCUT2D eigenvalue weighted by atomic mass is 10.1. The van der Waals surface area contributed by atoms with Gasteiger partial charge in [-0.15, -0.1) is 0 Å². The lowest BCUT2D eigenvalue weighted by Crippen LogP contribution is -2.31. The van der Waals surface area contributed by atoms with Crippen molar-refractivity contribution >= 4 is 10.0 Å². The van der Waals surface area contributed by atoms with Crippen LogP contribution in [0.2, 0.25) is 0 Å². The van der Waals surface area contributed by atoms with E-state index in [0.29, 0.717) is 13.1 Å².